The van der Waals surface area contributed by atoms with Gasteiger partial charge in [0, 0.05) is 25.2 Å². The molecule has 0 radical (unpaired) electrons. The Labute approximate surface area is 141 Å². The van der Waals surface area contributed by atoms with Crippen molar-refractivity contribution in [3.05, 3.63) is 71.5 Å². The normalized spacial score (nSPS) is 16.5. The zero-order chi connectivity index (χ0) is 16.8. The Bertz CT molecular complexity index is 655. The monoisotopic (exact) mass is 328 g/mol. The molecular formula is C19H21FN2O2. The molecule has 0 spiro atoms. The molecule has 1 atom stereocenters. The molecule has 1 aliphatic heterocycles. The molecule has 1 heterocycles. The van der Waals surface area contributed by atoms with Gasteiger partial charge >= 0.3 is 0 Å². The lowest BCUT2D eigenvalue weighted by molar-refractivity contribution is 0.0332. The Morgan fingerprint density at radius 1 is 1.08 bits per heavy atom. The van der Waals surface area contributed by atoms with Crippen molar-refractivity contribution in [3.63, 3.8) is 0 Å². The number of hydrogen-bond acceptors (Lipinski definition) is 3. The summed E-state index contributed by atoms with van der Waals surface area (Å²) in [6, 6.07) is 15.4. The number of hydrogen-bond donors (Lipinski definition) is 1. The van der Waals surface area contributed by atoms with Gasteiger partial charge in [0.15, 0.2) is 0 Å². The Hall–Kier alpha value is -2.24. The molecule has 2 aromatic carbocycles. The van der Waals surface area contributed by atoms with Crippen molar-refractivity contribution in [2.75, 3.05) is 32.8 Å². The first-order valence-electron chi connectivity index (χ1n) is 8.14. The van der Waals surface area contributed by atoms with Crippen LogP contribution in [0, 0.1) is 5.82 Å². The molecule has 1 N–H and O–H groups in total. The van der Waals surface area contributed by atoms with Gasteiger partial charge in [-0.05, 0) is 29.8 Å². The molecule has 0 aliphatic carbocycles. The average Bonchev–Trinajstić information content (AvgIpc) is 2.63. The standard InChI is InChI=1S/C19H21FN2O2/c20-17-8-6-16(7-9-17)19(23)21-18(15-4-2-1-3-5-15)14-22-10-12-24-13-11-22/h1-9,18H,10-14H2,(H,21,23)/t18-/m1/s1. The lowest BCUT2D eigenvalue weighted by Gasteiger charge is -2.31. The smallest absolute Gasteiger partial charge is 0.251 e. The van der Waals surface area contributed by atoms with E-state index in [1.165, 1.54) is 24.3 Å². The minimum absolute atomic E-state index is 0.123. The number of halogens is 1. The van der Waals surface area contributed by atoms with Crippen molar-refractivity contribution in [2.24, 2.45) is 0 Å². The maximum atomic E-state index is 13.0. The van der Waals surface area contributed by atoms with Crippen LogP contribution in [0.3, 0.4) is 0 Å². The van der Waals surface area contributed by atoms with Crippen molar-refractivity contribution in [2.45, 2.75) is 6.04 Å². The predicted molar refractivity (Wildman–Crippen MR) is 90.3 cm³/mol. The van der Waals surface area contributed by atoms with Crippen LogP contribution in [0.5, 0.6) is 0 Å². The quantitative estimate of drug-likeness (QED) is 0.917. The van der Waals surface area contributed by atoms with Gasteiger partial charge in [-0.15, -0.1) is 0 Å². The van der Waals surface area contributed by atoms with E-state index in [9.17, 15) is 9.18 Å². The maximum absolute atomic E-state index is 13.0. The van der Waals surface area contributed by atoms with Crippen LogP contribution in [0.2, 0.25) is 0 Å². The number of carbonyl (C=O) groups excluding carboxylic acids is 1. The van der Waals surface area contributed by atoms with E-state index < -0.39 is 0 Å². The molecule has 2 aromatic rings. The summed E-state index contributed by atoms with van der Waals surface area (Å²) in [6.07, 6.45) is 0. The second kappa shape index (κ2) is 8.04. The van der Waals surface area contributed by atoms with Crippen LogP contribution < -0.4 is 5.32 Å². The zero-order valence-electron chi connectivity index (χ0n) is 13.5. The van der Waals surface area contributed by atoms with Gasteiger partial charge in [-0.1, -0.05) is 30.3 Å². The van der Waals surface area contributed by atoms with E-state index >= 15 is 0 Å². The van der Waals surface area contributed by atoms with E-state index in [1.807, 2.05) is 30.3 Å². The van der Waals surface area contributed by atoms with Crippen LogP contribution in [0.4, 0.5) is 4.39 Å². The molecule has 1 saturated heterocycles. The summed E-state index contributed by atoms with van der Waals surface area (Å²) in [5.41, 5.74) is 1.51. The third-order valence-electron chi connectivity index (χ3n) is 4.16. The number of benzene rings is 2. The van der Waals surface area contributed by atoms with Gasteiger partial charge in [0.05, 0.1) is 19.3 Å². The van der Waals surface area contributed by atoms with Crippen molar-refractivity contribution in [1.29, 1.82) is 0 Å². The Morgan fingerprint density at radius 3 is 2.42 bits per heavy atom. The van der Waals surface area contributed by atoms with E-state index in [0.717, 1.165) is 25.2 Å². The van der Waals surface area contributed by atoms with Crippen LogP contribution in [-0.4, -0.2) is 43.7 Å². The van der Waals surface area contributed by atoms with Crippen molar-refractivity contribution in [1.82, 2.24) is 10.2 Å². The lowest BCUT2D eigenvalue weighted by atomic mass is 10.1. The highest BCUT2D eigenvalue weighted by Crippen LogP contribution is 2.16. The van der Waals surface area contributed by atoms with Crippen LogP contribution >= 0.6 is 0 Å². The highest BCUT2D eigenvalue weighted by Gasteiger charge is 2.20. The fourth-order valence-corrected chi connectivity index (χ4v) is 2.80. The third-order valence-corrected chi connectivity index (χ3v) is 4.16. The third kappa shape index (κ3) is 4.40. The molecule has 1 aliphatic rings. The molecule has 1 amide bonds. The van der Waals surface area contributed by atoms with E-state index in [-0.39, 0.29) is 17.8 Å². The van der Waals surface area contributed by atoms with Crippen molar-refractivity contribution < 1.29 is 13.9 Å². The largest absolute Gasteiger partial charge is 0.379 e. The van der Waals surface area contributed by atoms with E-state index in [4.69, 9.17) is 4.74 Å². The molecule has 0 aromatic heterocycles. The molecule has 126 valence electrons. The SMILES string of the molecule is O=C(N[C@H](CN1CCOCC1)c1ccccc1)c1ccc(F)cc1. The number of nitrogens with zero attached hydrogens (tertiary/aromatic N) is 1. The first-order valence-corrected chi connectivity index (χ1v) is 8.14. The fourth-order valence-electron chi connectivity index (χ4n) is 2.80. The summed E-state index contributed by atoms with van der Waals surface area (Å²) in [5, 5.41) is 3.07. The van der Waals surface area contributed by atoms with Gasteiger partial charge in [-0.25, -0.2) is 4.39 Å². The van der Waals surface area contributed by atoms with Crippen molar-refractivity contribution in [3.8, 4) is 0 Å². The molecule has 3 rings (SSSR count). The first kappa shape index (κ1) is 16.6. The minimum Gasteiger partial charge on any atom is -0.379 e. The van der Waals surface area contributed by atoms with Crippen LogP contribution in [-0.2, 0) is 4.74 Å². The van der Waals surface area contributed by atoms with Gasteiger partial charge in [-0.3, -0.25) is 9.69 Å². The molecule has 4 nitrogen and oxygen atoms in total. The summed E-state index contributed by atoms with van der Waals surface area (Å²) >= 11 is 0. The van der Waals surface area contributed by atoms with E-state index in [2.05, 4.69) is 10.2 Å². The lowest BCUT2D eigenvalue weighted by Crippen LogP contribution is -2.43. The number of carbonyl (C=O) groups is 1. The van der Waals surface area contributed by atoms with Gasteiger partial charge in [0.25, 0.3) is 5.91 Å². The second-order valence-electron chi connectivity index (χ2n) is 5.86. The van der Waals surface area contributed by atoms with Gasteiger partial charge in [-0.2, -0.15) is 0 Å². The summed E-state index contributed by atoms with van der Waals surface area (Å²) in [6.45, 7) is 3.87. The number of ether oxygens (including phenoxy) is 1. The maximum Gasteiger partial charge on any atom is 0.251 e. The van der Waals surface area contributed by atoms with E-state index in [0.29, 0.717) is 18.8 Å². The summed E-state index contributed by atoms with van der Waals surface area (Å²) in [5.74, 6) is -0.545. The summed E-state index contributed by atoms with van der Waals surface area (Å²) in [4.78, 5) is 14.8. The number of amides is 1. The van der Waals surface area contributed by atoms with Crippen LogP contribution in [0.25, 0.3) is 0 Å². The fraction of sp³-hybridized carbons (Fsp3) is 0.316. The van der Waals surface area contributed by atoms with Crippen molar-refractivity contribution >= 4 is 5.91 Å². The first-order chi connectivity index (χ1) is 11.7. The van der Waals surface area contributed by atoms with E-state index in [1.54, 1.807) is 0 Å². The Balaban J connectivity index is 1.73. The second-order valence-corrected chi connectivity index (χ2v) is 5.86. The summed E-state index contributed by atoms with van der Waals surface area (Å²) in [7, 11) is 0. The molecular weight excluding hydrogens is 307 g/mol. The Kier molecular flexibility index (Phi) is 5.56. The van der Waals surface area contributed by atoms with Gasteiger partial charge in [0.2, 0.25) is 0 Å². The molecule has 0 saturated carbocycles. The number of nitrogens with one attached hydrogen (secondary N) is 1. The summed E-state index contributed by atoms with van der Waals surface area (Å²) < 4.78 is 18.4. The molecule has 24 heavy (non-hydrogen) atoms. The topological polar surface area (TPSA) is 41.6 Å². The number of rotatable bonds is 5. The highest BCUT2D eigenvalue weighted by atomic mass is 19.1. The highest BCUT2D eigenvalue weighted by molar-refractivity contribution is 5.94. The average molecular weight is 328 g/mol. The van der Waals surface area contributed by atoms with Gasteiger partial charge < -0.3 is 10.1 Å². The minimum atomic E-state index is -0.348. The van der Waals surface area contributed by atoms with Crippen LogP contribution in [0.1, 0.15) is 22.0 Å². The molecule has 5 heteroatoms. The molecule has 0 bridgehead atoms. The number of morpholine rings is 1. The molecule has 1 fully saturated rings. The predicted octanol–water partition coefficient (Wildman–Crippen LogP) is 2.63. The Morgan fingerprint density at radius 2 is 1.75 bits per heavy atom. The zero-order valence-corrected chi connectivity index (χ0v) is 13.5. The van der Waals surface area contributed by atoms with Gasteiger partial charge in [0.1, 0.15) is 5.82 Å². The molecule has 0 unspecified atom stereocenters. The van der Waals surface area contributed by atoms with Crippen LogP contribution in [0.15, 0.2) is 54.6 Å².